The number of methoxy groups -OCH3 is 2. The summed E-state index contributed by atoms with van der Waals surface area (Å²) >= 11 is 0. The van der Waals surface area contributed by atoms with Crippen molar-refractivity contribution in [3.63, 3.8) is 0 Å². The quantitative estimate of drug-likeness (QED) is 0.682. The molecule has 1 N–H and O–H groups in total. The minimum Gasteiger partial charge on any atom is -0.497 e. The first kappa shape index (κ1) is 18.2. The topological polar surface area (TPSA) is 95.7 Å². The van der Waals surface area contributed by atoms with E-state index in [9.17, 15) is 4.79 Å². The van der Waals surface area contributed by atoms with Crippen LogP contribution in [0.15, 0.2) is 46.9 Å². The molecule has 3 rings (SSSR count). The van der Waals surface area contributed by atoms with Crippen LogP contribution >= 0.6 is 0 Å². The van der Waals surface area contributed by atoms with Gasteiger partial charge in [-0.25, -0.2) is 0 Å². The summed E-state index contributed by atoms with van der Waals surface area (Å²) in [6.07, 6.45) is 0. The maximum absolute atomic E-state index is 12.3. The fourth-order valence-corrected chi connectivity index (χ4v) is 2.36. The number of hydrogen-bond donors (Lipinski definition) is 1. The molecule has 0 fully saturated rings. The second-order valence-electron chi connectivity index (χ2n) is 5.43. The molecule has 0 saturated heterocycles. The van der Waals surface area contributed by atoms with E-state index in [2.05, 4.69) is 15.5 Å². The maximum Gasteiger partial charge on any atom is 0.322 e. The highest BCUT2D eigenvalue weighted by Crippen LogP contribution is 2.29. The number of ether oxygens (including phenoxy) is 3. The molecule has 0 aliphatic heterocycles. The smallest absolute Gasteiger partial charge is 0.322 e. The number of carbonyl (C=O) groups is 1. The van der Waals surface area contributed by atoms with E-state index < -0.39 is 0 Å². The lowest BCUT2D eigenvalue weighted by molar-refractivity contribution is 0.102. The Hall–Kier alpha value is -3.55. The van der Waals surface area contributed by atoms with Crippen LogP contribution in [0.2, 0.25) is 0 Å². The van der Waals surface area contributed by atoms with Gasteiger partial charge in [-0.15, -0.1) is 5.10 Å². The lowest BCUT2D eigenvalue weighted by atomic mass is 10.2. The highest BCUT2D eigenvalue weighted by atomic mass is 16.5. The van der Waals surface area contributed by atoms with Crippen molar-refractivity contribution in [3.8, 4) is 28.7 Å². The van der Waals surface area contributed by atoms with E-state index in [-0.39, 0.29) is 17.8 Å². The number of carbonyl (C=O) groups excluding carboxylic acids is 1. The van der Waals surface area contributed by atoms with Gasteiger partial charge >= 0.3 is 6.01 Å². The molecule has 0 bridgehead atoms. The van der Waals surface area contributed by atoms with E-state index in [4.69, 9.17) is 18.6 Å². The third-order valence-electron chi connectivity index (χ3n) is 3.67. The predicted octanol–water partition coefficient (Wildman–Crippen LogP) is 3.40. The van der Waals surface area contributed by atoms with E-state index >= 15 is 0 Å². The Morgan fingerprint density at radius 3 is 2.26 bits per heavy atom. The Balaban J connectivity index is 1.75. The zero-order chi connectivity index (χ0) is 19.2. The molecule has 0 spiro atoms. The van der Waals surface area contributed by atoms with Crippen molar-refractivity contribution >= 4 is 11.9 Å². The summed E-state index contributed by atoms with van der Waals surface area (Å²) < 4.78 is 21.3. The fourth-order valence-electron chi connectivity index (χ4n) is 2.36. The lowest BCUT2D eigenvalue weighted by Gasteiger charge is -2.06. The third kappa shape index (κ3) is 4.35. The molecule has 0 saturated carbocycles. The first-order chi connectivity index (χ1) is 13.1. The summed E-state index contributed by atoms with van der Waals surface area (Å²) in [4.78, 5) is 12.3. The van der Waals surface area contributed by atoms with Crippen molar-refractivity contribution in [2.75, 3.05) is 26.1 Å². The van der Waals surface area contributed by atoms with Gasteiger partial charge < -0.3 is 18.6 Å². The first-order valence-corrected chi connectivity index (χ1v) is 8.24. The second kappa shape index (κ2) is 8.22. The Morgan fingerprint density at radius 1 is 1.00 bits per heavy atom. The number of anilines is 1. The molecule has 0 aliphatic carbocycles. The van der Waals surface area contributed by atoms with E-state index in [0.29, 0.717) is 35.0 Å². The van der Waals surface area contributed by atoms with Crippen LogP contribution in [0.1, 0.15) is 17.3 Å². The monoisotopic (exact) mass is 369 g/mol. The fraction of sp³-hybridized carbons (Fsp3) is 0.211. The van der Waals surface area contributed by atoms with Crippen molar-refractivity contribution in [2.24, 2.45) is 0 Å². The predicted molar refractivity (Wildman–Crippen MR) is 98.4 cm³/mol. The van der Waals surface area contributed by atoms with Crippen LogP contribution in [0.5, 0.6) is 17.2 Å². The number of nitrogens with one attached hydrogen (secondary N) is 1. The number of benzene rings is 2. The van der Waals surface area contributed by atoms with Crippen molar-refractivity contribution in [1.29, 1.82) is 0 Å². The Kier molecular flexibility index (Phi) is 5.55. The number of aromatic nitrogens is 2. The zero-order valence-corrected chi connectivity index (χ0v) is 15.2. The van der Waals surface area contributed by atoms with Crippen LogP contribution in [0, 0.1) is 0 Å². The van der Waals surface area contributed by atoms with Gasteiger partial charge in [0.15, 0.2) is 0 Å². The molecular formula is C19H19N3O5. The number of amides is 1. The van der Waals surface area contributed by atoms with Crippen molar-refractivity contribution in [1.82, 2.24) is 10.2 Å². The minimum atomic E-state index is -0.364. The molecule has 27 heavy (non-hydrogen) atoms. The second-order valence-corrected chi connectivity index (χ2v) is 5.43. The van der Waals surface area contributed by atoms with Gasteiger partial charge in [0.1, 0.15) is 17.2 Å². The number of hydrogen-bond acceptors (Lipinski definition) is 7. The Morgan fingerprint density at radius 2 is 1.67 bits per heavy atom. The summed E-state index contributed by atoms with van der Waals surface area (Å²) in [5.74, 6) is 1.73. The van der Waals surface area contributed by atoms with Crippen LogP contribution in [-0.4, -0.2) is 36.9 Å². The molecule has 140 valence electrons. The van der Waals surface area contributed by atoms with Crippen LogP contribution in [0.3, 0.4) is 0 Å². The summed E-state index contributed by atoms with van der Waals surface area (Å²) in [5, 5.41) is 10.4. The summed E-state index contributed by atoms with van der Waals surface area (Å²) in [7, 11) is 3.10. The van der Waals surface area contributed by atoms with E-state index in [0.717, 1.165) is 0 Å². The molecule has 0 atom stereocenters. The zero-order valence-electron chi connectivity index (χ0n) is 15.2. The molecule has 3 aromatic rings. The van der Waals surface area contributed by atoms with Gasteiger partial charge in [-0.1, -0.05) is 5.10 Å². The molecule has 1 heterocycles. The van der Waals surface area contributed by atoms with E-state index in [1.165, 1.54) is 0 Å². The summed E-state index contributed by atoms with van der Waals surface area (Å²) in [5.41, 5.74) is 1.06. The van der Waals surface area contributed by atoms with Crippen molar-refractivity contribution in [3.05, 3.63) is 48.0 Å². The first-order valence-electron chi connectivity index (χ1n) is 8.24. The molecule has 2 aromatic carbocycles. The van der Waals surface area contributed by atoms with Gasteiger partial charge in [-0.2, -0.15) is 0 Å². The van der Waals surface area contributed by atoms with Crippen LogP contribution < -0.4 is 19.5 Å². The molecule has 0 radical (unpaired) electrons. The minimum absolute atomic E-state index is 0.00864. The third-order valence-corrected chi connectivity index (χ3v) is 3.67. The number of rotatable bonds is 7. The standard InChI is InChI=1S/C19H19N3O5/c1-4-26-14-7-5-12(6-8-14)17(23)20-19-22-21-18(27-19)13-9-15(24-2)11-16(10-13)25-3/h5-11H,4H2,1-3H3,(H,20,22,23). The summed E-state index contributed by atoms with van der Waals surface area (Å²) in [6.45, 7) is 2.46. The molecule has 0 unspecified atom stereocenters. The average molecular weight is 369 g/mol. The molecule has 1 amide bonds. The molecule has 0 aliphatic rings. The normalized spacial score (nSPS) is 10.3. The van der Waals surface area contributed by atoms with Crippen LogP contribution in [0.4, 0.5) is 6.01 Å². The van der Waals surface area contributed by atoms with Crippen molar-refractivity contribution < 1.29 is 23.4 Å². The SMILES string of the molecule is CCOc1ccc(C(=O)Nc2nnc(-c3cc(OC)cc(OC)c3)o2)cc1. The Labute approximate surface area is 156 Å². The lowest BCUT2D eigenvalue weighted by Crippen LogP contribution is -2.12. The largest absolute Gasteiger partial charge is 0.497 e. The maximum atomic E-state index is 12.3. The van der Waals surface area contributed by atoms with Gasteiger partial charge in [0.25, 0.3) is 5.91 Å². The molecule has 8 heteroatoms. The molecule has 1 aromatic heterocycles. The van der Waals surface area contributed by atoms with Gasteiger partial charge in [-0.05, 0) is 43.3 Å². The molecule has 8 nitrogen and oxygen atoms in total. The molecular weight excluding hydrogens is 350 g/mol. The van der Waals surface area contributed by atoms with E-state index in [1.807, 2.05) is 6.92 Å². The number of nitrogens with zero attached hydrogens (tertiary/aromatic N) is 2. The van der Waals surface area contributed by atoms with Gasteiger partial charge in [0, 0.05) is 17.2 Å². The van der Waals surface area contributed by atoms with E-state index in [1.54, 1.807) is 56.7 Å². The highest BCUT2D eigenvalue weighted by molar-refractivity contribution is 6.03. The van der Waals surface area contributed by atoms with Gasteiger partial charge in [0.2, 0.25) is 5.89 Å². The van der Waals surface area contributed by atoms with Crippen LogP contribution in [-0.2, 0) is 0 Å². The summed E-state index contributed by atoms with van der Waals surface area (Å²) in [6, 6.07) is 11.9. The van der Waals surface area contributed by atoms with Gasteiger partial charge in [0.05, 0.1) is 20.8 Å². The highest BCUT2D eigenvalue weighted by Gasteiger charge is 2.14. The Bertz CT molecular complexity index is 899. The van der Waals surface area contributed by atoms with Gasteiger partial charge in [-0.3, -0.25) is 10.1 Å². The van der Waals surface area contributed by atoms with Crippen molar-refractivity contribution in [2.45, 2.75) is 6.92 Å². The van der Waals surface area contributed by atoms with Crippen LogP contribution in [0.25, 0.3) is 11.5 Å². The average Bonchev–Trinajstić information content (AvgIpc) is 3.16.